The zero-order valence-electron chi connectivity index (χ0n) is 10.8. The first-order valence-corrected chi connectivity index (χ1v) is 12.2. The van der Waals surface area contributed by atoms with Gasteiger partial charge in [0.25, 0.3) is 9.05 Å². The zero-order valence-corrected chi connectivity index (χ0v) is 14.9. The topological polar surface area (TPSA) is 61.2 Å². The second kappa shape index (κ2) is 6.32. The van der Waals surface area contributed by atoms with Gasteiger partial charge in [0.1, 0.15) is 6.73 Å². The fourth-order valence-electron chi connectivity index (χ4n) is 1.22. The summed E-state index contributed by atoms with van der Waals surface area (Å²) in [7, 11) is 0.0332. The minimum atomic E-state index is -4.02. The summed E-state index contributed by atoms with van der Waals surface area (Å²) in [5.74, 6) is 0. The van der Waals surface area contributed by atoms with Gasteiger partial charge in [0, 0.05) is 25.4 Å². The highest BCUT2D eigenvalue weighted by Crippen LogP contribution is 2.27. The number of aromatic nitrogens is 2. The molecule has 0 fully saturated rings. The van der Waals surface area contributed by atoms with E-state index in [-0.39, 0.29) is 17.0 Å². The first-order valence-electron chi connectivity index (χ1n) is 5.46. The number of hydrogen-bond donors (Lipinski definition) is 0. The van der Waals surface area contributed by atoms with Gasteiger partial charge in [-0.15, -0.1) is 0 Å². The largest absolute Gasteiger partial charge is 0.361 e. The summed E-state index contributed by atoms with van der Waals surface area (Å²) in [6.45, 7) is 7.11. The van der Waals surface area contributed by atoms with Gasteiger partial charge in [0.15, 0.2) is 10.3 Å². The lowest BCUT2D eigenvalue weighted by Crippen LogP contribution is -2.22. The molecule has 1 aromatic rings. The Morgan fingerprint density at radius 3 is 2.37 bits per heavy atom. The first-order chi connectivity index (χ1) is 8.52. The molecule has 0 radical (unpaired) electrons. The zero-order chi connectivity index (χ0) is 14.8. The van der Waals surface area contributed by atoms with Gasteiger partial charge in [-0.3, -0.25) is 4.57 Å². The molecule has 0 bridgehead atoms. The molecule has 0 spiro atoms. The van der Waals surface area contributed by atoms with Crippen molar-refractivity contribution in [1.29, 1.82) is 0 Å². The second-order valence-corrected chi connectivity index (χ2v) is 14.0. The minimum Gasteiger partial charge on any atom is -0.361 e. The third kappa shape index (κ3) is 5.24. The summed E-state index contributed by atoms with van der Waals surface area (Å²) in [6.07, 6.45) is 0. The second-order valence-electron chi connectivity index (χ2n) is 5.19. The first kappa shape index (κ1) is 17.3. The Kier molecular flexibility index (Phi) is 5.74. The fourth-order valence-corrected chi connectivity index (χ4v) is 3.39. The fraction of sp³-hybridized carbons (Fsp3) is 0.667. The lowest BCUT2D eigenvalue weighted by Gasteiger charge is -2.16. The maximum Gasteiger partial charge on any atom is 0.295 e. The van der Waals surface area contributed by atoms with E-state index < -0.39 is 22.3 Å². The van der Waals surface area contributed by atoms with E-state index in [0.29, 0.717) is 6.61 Å². The lowest BCUT2D eigenvalue weighted by atomic mass is 10.8. The Hall–Kier alpha value is 0.207. The molecule has 1 rings (SSSR count). The van der Waals surface area contributed by atoms with Crippen molar-refractivity contribution in [3.05, 3.63) is 10.3 Å². The molecule has 1 aromatic heterocycles. The highest BCUT2D eigenvalue weighted by atomic mass is 35.7. The molecule has 0 aliphatic carbocycles. The Bertz CT molecular complexity index is 554. The van der Waals surface area contributed by atoms with Crippen molar-refractivity contribution < 1.29 is 13.2 Å². The van der Waals surface area contributed by atoms with E-state index in [1.165, 1.54) is 0 Å². The van der Waals surface area contributed by atoms with Crippen LogP contribution < -0.4 is 0 Å². The maximum atomic E-state index is 11.3. The van der Waals surface area contributed by atoms with Gasteiger partial charge in [-0.25, -0.2) is 13.4 Å². The van der Waals surface area contributed by atoms with Gasteiger partial charge < -0.3 is 4.74 Å². The average Bonchev–Trinajstić information content (AvgIpc) is 2.50. The molecule has 10 heteroatoms. The Labute approximate surface area is 128 Å². The minimum absolute atomic E-state index is 0.00565. The molecule has 0 unspecified atom stereocenters. The number of imidazole rings is 1. The van der Waals surface area contributed by atoms with Gasteiger partial charge in [-0.05, 0) is 6.04 Å². The van der Waals surface area contributed by atoms with E-state index in [1.807, 2.05) is 0 Å². The van der Waals surface area contributed by atoms with Crippen LogP contribution >= 0.6 is 33.9 Å². The SMILES string of the molecule is C[Si](C)(C)CCOCn1c(S(=O)(=O)Cl)nc(Cl)c1Cl. The predicted molar refractivity (Wildman–Crippen MR) is 79.4 cm³/mol. The van der Waals surface area contributed by atoms with Crippen molar-refractivity contribution in [2.75, 3.05) is 6.61 Å². The van der Waals surface area contributed by atoms with Crippen molar-refractivity contribution in [1.82, 2.24) is 9.55 Å². The highest BCUT2D eigenvalue weighted by molar-refractivity contribution is 8.13. The molecule has 0 aliphatic heterocycles. The summed E-state index contributed by atoms with van der Waals surface area (Å²) in [5.41, 5.74) is 0. The Morgan fingerprint density at radius 2 is 1.89 bits per heavy atom. The van der Waals surface area contributed by atoms with E-state index in [9.17, 15) is 8.42 Å². The monoisotopic (exact) mass is 364 g/mol. The molecule has 0 amide bonds. The van der Waals surface area contributed by atoms with Crippen LogP contribution in [0.1, 0.15) is 0 Å². The van der Waals surface area contributed by atoms with E-state index in [4.69, 9.17) is 38.6 Å². The maximum absolute atomic E-state index is 11.3. The quantitative estimate of drug-likeness (QED) is 0.440. The molecule has 0 aromatic carbocycles. The summed E-state index contributed by atoms with van der Waals surface area (Å²) in [6, 6.07) is 0.954. The molecule has 0 saturated heterocycles. The molecule has 19 heavy (non-hydrogen) atoms. The van der Waals surface area contributed by atoms with Crippen LogP contribution in [0.5, 0.6) is 0 Å². The van der Waals surface area contributed by atoms with E-state index in [0.717, 1.165) is 10.6 Å². The number of nitrogens with zero attached hydrogens (tertiary/aromatic N) is 2. The van der Waals surface area contributed by atoms with E-state index >= 15 is 0 Å². The number of halogens is 3. The molecular weight excluding hydrogens is 351 g/mol. The van der Waals surface area contributed by atoms with Gasteiger partial charge >= 0.3 is 0 Å². The third-order valence-corrected chi connectivity index (χ3v) is 5.88. The number of rotatable bonds is 6. The van der Waals surface area contributed by atoms with Crippen LogP contribution in [-0.4, -0.2) is 32.6 Å². The lowest BCUT2D eigenvalue weighted by molar-refractivity contribution is 0.0812. The van der Waals surface area contributed by atoms with E-state index in [2.05, 4.69) is 24.6 Å². The third-order valence-electron chi connectivity index (χ3n) is 2.27. The van der Waals surface area contributed by atoms with Crippen LogP contribution in [0.3, 0.4) is 0 Å². The smallest absolute Gasteiger partial charge is 0.295 e. The van der Waals surface area contributed by atoms with Crippen molar-refractivity contribution in [2.24, 2.45) is 0 Å². The molecule has 0 saturated carbocycles. The van der Waals surface area contributed by atoms with Gasteiger partial charge in [-0.1, -0.05) is 42.8 Å². The van der Waals surface area contributed by atoms with Crippen LogP contribution in [0.25, 0.3) is 0 Å². The molecule has 110 valence electrons. The highest BCUT2D eigenvalue weighted by Gasteiger charge is 2.24. The Balaban J connectivity index is 2.79. The summed E-state index contributed by atoms with van der Waals surface area (Å²) in [5, 5.41) is -0.527. The van der Waals surface area contributed by atoms with Crippen molar-refractivity contribution in [3.63, 3.8) is 0 Å². The normalized spacial score (nSPS) is 12.9. The van der Waals surface area contributed by atoms with Crippen LogP contribution in [0.2, 0.25) is 36.0 Å². The molecule has 0 N–H and O–H groups in total. The van der Waals surface area contributed by atoms with Gasteiger partial charge in [0.2, 0.25) is 5.16 Å². The van der Waals surface area contributed by atoms with Crippen LogP contribution in [0.4, 0.5) is 0 Å². The summed E-state index contributed by atoms with van der Waals surface area (Å²) in [4.78, 5) is 3.61. The van der Waals surface area contributed by atoms with Gasteiger partial charge in [-0.2, -0.15) is 0 Å². The average molecular weight is 366 g/mol. The molecule has 0 aliphatic rings. The molecule has 5 nitrogen and oxygen atoms in total. The molecule has 0 atom stereocenters. The van der Waals surface area contributed by atoms with Crippen LogP contribution in [0, 0.1) is 0 Å². The standard InChI is InChI=1S/C9H15Cl3N2O3SSi/c1-19(2,3)5-4-17-6-14-8(11)7(10)13-9(14)18(12,15)16/h4-6H2,1-3H3. The molecule has 1 heterocycles. The van der Waals surface area contributed by atoms with Crippen LogP contribution in [0.15, 0.2) is 5.16 Å². The van der Waals surface area contributed by atoms with Gasteiger partial charge in [0.05, 0.1) is 0 Å². The van der Waals surface area contributed by atoms with Crippen molar-refractivity contribution in [3.8, 4) is 0 Å². The van der Waals surface area contributed by atoms with Crippen molar-refractivity contribution >= 4 is 51.0 Å². The number of hydrogen-bond acceptors (Lipinski definition) is 4. The van der Waals surface area contributed by atoms with Crippen LogP contribution in [-0.2, 0) is 20.5 Å². The number of ether oxygens (including phenoxy) is 1. The summed E-state index contributed by atoms with van der Waals surface area (Å²) < 4.78 is 29.2. The van der Waals surface area contributed by atoms with E-state index in [1.54, 1.807) is 0 Å². The molecular formula is C9H15Cl3N2O3SSi. The Morgan fingerprint density at radius 1 is 1.32 bits per heavy atom. The summed E-state index contributed by atoms with van der Waals surface area (Å²) >= 11 is 11.6. The predicted octanol–water partition coefficient (Wildman–Crippen LogP) is 3.43. The van der Waals surface area contributed by atoms with Crippen molar-refractivity contribution in [2.45, 2.75) is 37.6 Å².